The molecule has 34 heavy (non-hydrogen) atoms. The Morgan fingerprint density at radius 1 is 0.941 bits per heavy atom. The van der Waals surface area contributed by atoms with Crippen molar-refractivity contribution in [1.29, 1.82) is 0 Å². The van der Waals surface area contributed by atoms with Crippen molar-refractivity contribution in [2.75, 3.05) is 0 Å². The van der Waals surface area contributed by atoms with Crippen LogP contribution in [-0.2, 0) is 4.74 Å². The summed E-state index contributed by atoms with van der Waals surface area (Å²) in [6, 6.07) is 22.0. The summed E-state index contributed by atoms with van der Waals surface area (Å²) in [7, 11) is 0. The molecule has 3 aromatic carbocycles. The lowest BCUT2D eigenvalue weighted by atomic mass is 9.81. The van der Waals surface area contributed by atoms with E-state index in [0.717, 1.165) is 18.2 Å². The zero-order chi connectivity index (χ0) is 23.4. The fourth-order valence-corrected chi connectivity index (χ4v) is 5.01. The molecule has 0 radical (unpaired) electrons. The van der Waals surface area contributed by atoms with Crippen LogP contribution in [0.15, 0.2) is 103 Å². The van der Waals surface area contributed by atoms with Crippen molar-refractivity contribution < 1.29 is 13.9 Å². The maximum atomic E-state index is 13.7. The molecule has 0 spiro atoms. The molecule has 1 aliphatic heterocycles. The highest BCUT2D eigenvalue weighted by Gasteiger charge is 2.43. The first-order valence-corrected chi connectivity index (χ1v) is 12.3. The third-order valence-electron chi connectivity index (χ3n) is 5.90. The predicted molar refractivity (Wildman–Crippen MR) is 138 cm³/mol. The minimum atomic E-state index is -0.729. The van der Waals surface area contributed by atoms with Crippen LogP contribution in [0.4, 0.5) is 0 Å². The fraction of sp³-hybridized carbons (Fsp3) is 0.0769. The number of nitrogens with zero attached hydrogens (tertiary/aromatic N) is 1. The van der Waals surface area contributed by atoms with E-state index in [0.29, 0.717) is 28.5 Å². The van der Waals surface area contributed by atoms with E-state index in [1.165, 1.54) is 0 Å². The number of rotatable bonds is 3. The highest BCUT2D eigenvalue weighted by atomic mass is 127. The molecule has 2 aliphatic rings. The van der Waals surface area contributed by atoms with Gasteiger partial charge in [-0.2, -0.15) is 0 Å². The maximum Gasteiger partial charge on any atom is 0.426 e. The molecular weight excluding hydrogens is 613 g/mol. The zero-order valence-corrected chi connectivity index (χ0v) is 21.1. The van der Waals surface area contributed by atoms with Gasteiger partial charge in [-0.15, -0.1) is 0 Å². The van der Waals surface area contributed by atoms with Crippen LogP contribution in [0.1, 0.15) is 23.1 Å². The average molecular weight is 628 g/mol. The molecule has 1 aliphatic carbocycles. The summed E-state index contributed by atoms with van der Waals surface area (Å²) in [6.45, 7) is 0. The molecular formula is C26H15BrINO5. The van der Waals surface area contributed by atoms with Gasteiger partial charge in [0.1, 0.15) is 17.6 Å². The van der Waals surface area contributed by atoms with E-state index in [-0.39, 0.29) is 5.76 Å². The Kier molecular flexibility index (Phi) is 5.22. The highest BCUT2D eigenvalue weighted by molar-refractivity contribution is 14.1. The molecule has 6 rings (SSSR count). The molecule has 0 saturated carbocycles. The quantitative estimate of drug-likeness (QED) is 0.264. The molecule has 6 nitrogen and oxygen atoms in total. The Balaban J connectivity index is 1.52. The second-order valence-corrected chi connectivity index (χ2v) is 10.1. The van der Waals surface area contributed by atoms with Crippen molar-refractivity contribution in [2.45, 2.75) is 12.0 Å². The average Bonchev–Trinajstić information content (AvgIpc) is 3.25. The van der Waals surface area contributed by atoms with E-state index in [1.54, 1.807) is 18.2 Å². The molecule has 0 fully saturated rings. The van der Waals surface area contributed by atoms with Gasteiger partial charge in [0.15, 0.2) is 0 Å². The molecule has 0 bridgehead atoms. The van der Waals surface area contributed by atoms with Gasteiger partial charge in [0.25, 0.3) is 11.5 Å². The van der Waals surface area contributed by atoms with Crippen LogP contribution in [-0.4, -0.2) is 4.57 Å². The molecule has 2 heterocycles. The van der Waals surface area contributed by atoms with Crippen molar-refractivity contribution in [3.8, 4) is 22.8 Å². The number of aromatic nitrogens is 1. The number of hydrogen-bond acceptors (Lipinski definition) is 5. The SMILES string of the molecule is O=c1oc2c(c(=O)n1-c1ccc(I)cc1)C1C=C(Oc3ccc(Br)cc3)OC1c1ccccc1-2. The molecule has 1 aromatic heterocycles. The van der Waals surface area contributed by atoms with E-state index in [2.05, 4.69) is 38.5 Å². The molecule has 4 aromatic rings. The largest absolute Gasteiger partial charge is 0.456 e. The summed E-state index contributed by atoms with van der Waals surface area (Å²) in [6.07, 6.45) is 1.31. The van der Waals surface area contributed by atoms with Gasteiger partial charge in [-0.25, -0.2) is 9.36 Å². The van der Waals surface area contributed by atoms with Crippen molar-refractivity contribution >= 4 is 38.5 Å². The Hall–Kier alpha value is -3.11. The van der Waals surface area contributed by atoms with Gasteiger partial charge in [-0.05, 0) is 71.1 Å². The van der Waals surface area contributed by atoms with Crippen molar-refractivity contribution in [1.82, 2.24) is 4.57 Å². The highest BCUT2D eigenvalue weighted by Crippen LogP contribution is 2.50. The Morgan fingerprint density at radius 3 is 2.44 bits per heavy atom. The van der Waals surface area contributed by atoms with Gasteiger partial charge < -0.3 is 13.9 Å². The van der Waals surface area contributed by atoms with Gasteiger partial charge in [-0.3, -0.25) is 4.79 Å². The minimum absolute atomic E-state index is 0.276. The van der Waals surface area contributed by atoms with Gasteiger partial charge in [0, 0.05) is 25.2 Å². The molecule has 2 atom stereocenters. The van der Waals surface area contributed by atoms with Gasteiger partial charge in [0.05, 0.1) is 17.2 Å². The fourth-order valence-electron chi connectivity index (χ4n) is 4.39. The maximum absolute atomic E-state index is 13.7. The molecule has 0 N–H and O–H groups in total. The molecule has 2 unspecified atom stereocenters. The lowest BCUT2D eigenvalue weighted by Gasteiger charge is -2.27. The normalized spacial score (nSPS) is 17.8. The first-order chi connectivity index (χ1) is 16.5. The third kappa shape index (κ3) is 3.52. The van der Waals surface area contributed by atoms with Crippen LogP contribution in [0.3, 0.4) is 0 Å². The number of halogens is 2. The second-order valence-electron chi connectivity index (χ2n) is 7.92. The Labute approximate surface area is 215 Å². The first kappa shape index (κ1) is 21.4. The lowest BCUT2D eigenvalue weighted by molar-refractivity contribution is 0.0599. The van der Waals surface area contributed by atoms with E-state index in [9.17, 15) is 9.59 Å². The zero-order valence-electron chi connectivity index (χ0n) is 17.4. The van der Waals surface area contributed by atoms with Gasteiger partial charge >= 0.3 is 5.76 Å². The second kappa shape index (κ2) is 8.28. The summed E-state index contributed by atoms with van der Waals surface area (Å²) >= 11 is 5.58. The Morgan fingerprint density at radius 2 is 1.68 bits per heavy atom. The summed E-state index contributed by atoms with van der Waals surface area (Å²) < 4.78 is 20.9. The molecule has 168 valence electrons. The van der Waals surface area contributed by atoms with Crippen molar-refractivity contribution in [3.05, 3.63) is 125 Å². The minimum Gasteiger partial charge on any atom is -0.456 e. The number of fused-ring (bicyclic) bond motifs is 6. The van der Waals surface area contributed by atoms with Crippen LogP contribution in [0, 0.1) is 3.57 Å². The van der Waals surface area contributed by atoms with Gasteiger partial charge in [-0.1, -0.05) is 40.2 Å². The molecule has 8 heteroatoms. The van der Waals surface area contributed by atoms with E-state index in [1.807, 2.05) is 60.7 Å². The summed E-state index contributed by atoms with van der Waals surface area (Å²) in [5, 5.41) is 0. The lowest BCUT2D eigenvalue weighted by Crippen LogP contribution is -2.36. The van der Waals surface area contributed by atoms with Crippen LogP contribution in [0.5, 0.6) is 5.75 Å². The van der Waals surface area contributed by atoms with E-state index < -0.39 is 23.3 Å². The number of benzene rings is 3. The monoisotopic (exact) mass is 627 g/mol. The Bertz CT molecular complexity index is 1570. The summed E-state index contributed by atoms with van der Waals surface area (Å²) in [5.41, 5.74) is 1.89. The van der Waals surface area contributed by atoms with Gasteiger partial charge in [0.2, 0.25) is 0 Å². The smallest absolute Gasteiger partial charge is 0.426 e. The van der Waals surface area contributed by atoms with Crippen LogP contribution in [0.2, 0.25) is 0 Å². The predicted octanol–water partition coefficient (Wildman–Crippen LogP) is 5.91. The molecule has 0 saturated heterocycles. The standard InChI is InChI=1S/C26H15BrINO5/c27-14-5-11-17(12-6-14)32-21-13-20-22-24(19-4-2-1-3-18(19)23(20)33-21)34-26(31)29(25(22)30)16-9-7-15(28)8-10-16/h1-13,20,23H. The van der Waals surface area contributed by atoms with Crippen molar-refractivity contribution in [3.63, 3.8) is 0 Å². The van der Waals surface area contributed by atoms with Crippen LogP contribution in [0.25, 0.3) is 17.0 Å². The summed E-state index contributed by atoms with van der Waals surface area (Å²) in [5.74, 6) is -0.0167. The molecule has 0 amide bonds. The number of hydrogen-bond donors (Lipinski definition) is 0. The summed E-state index contributed by atoms with van der Waals surface area (Å²) in [4.78, 5) is 26.7. The topological polar surface area (TPSA) is 70.7 Å². The van der Waals surface area contributed by atoms with E-state index in [4.69, 9.17) is 13.9 Å². The van der Waals surface area contributed by atoms with E-state index >= 15 is 0 Å². The van der Waals surface area contributed by atoms with Crippen molar-refractivity contribution in [2.24, 2.45) is 0 Å². The third-order valence-corrected chi connectivity index (χ3v) is 7.15. The number of ether oxygens (including phenoxy) is 2. The van der Waals surface area contributed by atoms with Crippen LogP contribution < -0.4 is 16.1 Å². The van der Waals surface area contributed by atoms with Crippen LogP contribution >= 0.6 is 38.5 Å². The first-order valence-electron chi connectivity index (χ1n) is 10.5.